The molecule has 1 aromatic carbocycles. The van der Waals surface area contributed by atoms with Crippen molar-refractivity contribution in [1.82, 2.24) is 14.8 Å². The lowest BCUT2D eigenvalue weighted by molar-refractivity contribution is -0.384. The second-order valence-corrected chi connectivity index (χ2v) is 6.38. The van der Waals surface area contributed by atoms with Crippen molar-refractivity contribution in [3.63, 3.8) is 0 Å². The molecule has 0 bridgehead atoms. The lowest BCUT2D eigenvalue weighted by atomic mass is 10.0. The van der Waals surface area contributed by atoms with Crippen LogP contribution >= 0.6 is 0 Å². The molecule has 0 aliphatic carbocycles. The van der Waals surface area contributed by atoms with Gasteiger partial charge in [0.25, 0.3) is 5.69 Å². The summed E-state index contributed by atoms with van der Waals surface area (Å²) in [6, 6.07) is 6.74. The summed E-state index contributed by atoms with van der Waals surface area (Å²) in [5.74, 6) is 0. The predicted octanol–water partition coefficient (Wildman–Crippen LogP) is 3.17. The van der Waals surface area contributed by atoms with Crippen LogP contribution < -0.4 is 0 Å². The zero-order chi connectivity index (χ0) is 17.3. The highest BCUT2D eigenvalue weighted by molar-refractivity contribution is 5.89. The highest BCUT2D eigenvalue weighted by Gasteiger charge is 2.19. The number of nitro benzene ring substituents is 1. The number of aliphatic hydroxyl groups is 1. The molecule has 0 aliphatic rings. The Morgan fingerprint density at radius 3 is 2.62 bits per heavy atom. The molecule has 7 nitrogen and oxygen atoms in total. The summed E-state index contributed by atoms with van der Waals surface area (Å²) in [4.78, 5) is 15.0. The van der Waals surface area contributed by atoms with Crippen molar-refractivity contribution in [2.45, 2.75) is 32.4 Å². The number of aryl methyl sites for hydroxylation is 1. The summed E-state index contributed by atoms with van der Waals surface area (Å²) in [7, 11) is 0. The van der Waals surface area contributed by atoms with Crippen molar-refractivity contribution in [2.75, 3.05) is 0 Å². The molecular formula is C17H18N4O3. The topological polar surface area (TPSA) is 94.1 Å². The summed E-state index contributed by atoms with van der Waals surface area (Å²) >= 11 is 0. The van der Waals surface area contributed by atoms with E-state index in [0.717, 1.165) is 5.56 Å². The molecule has 0 saturated heterocycles. The summed E-state index contributed by atoms with van der Waals surface area (Å²) in [6.07, 6.45) is 5.51. The van der Waals surface area contributed by atoms with Gasteiger partial charge in [0.05, 0.1) is 21.6 Å². The van der Waals surface area contributed by atoms with Gasteiger partial charge in [-0.3, -0.25) is 19.8 Å². The highest BCUT2D eigenvalue weighted by atomic mass is 16.6. The third-order valence-corrected chi connectivity index (χ3v) is 3.81. The minimum atomic E-state index is -0.785. The Kier molecular flexibility index (Phi) is 4.02. The third kappa shape index (κ3) is 3.41. The maximum Gasteiger partial charge on any atom is 0.278 e. The van der Waals surface area contributed by atoms with E-state index < -0.39 is 5.60 Å². The fourth-order valence-electron chi connectivity index (χ4n) is 2.53. The van der Waals surface area contributed by atoms with Gasteiger partial charge in [0.2, 0.25) is 0 Å². The van der Waals surface area contributed by atoms with Gasteiger partial charge < -0.3 is 5.11 Å². The summed E-state index contributed by atoms with van der Waals surface area (Å²) in [5, 5.41) is 26.4. The minimum absolute atomic E-state index is 0.0377. The molecule has 0 unspecified atom stereocenters. The van der Waals surface area contributed by atoms with Gasteiger partial charge in [-0.05, 0) is 44.0 Å². The van der Waals surface area contributed by atoms with Crippen LogP contribution in [0.4, 0.5) is 5.69 Å². The quantitative estimate of drug-likeness (QED) is 0.574. The number of nitrogens with zero attached hydrogens (tertiary/aromatic N) is 4. The van der Waals surface area contributed by atoms with Gasteiger partial charge in [-0.2, -0.15) is 5.10 Å². The van der Waals surface area contributed by atoms with E-state index in [4.69, 9.17) is 0 Å². The standard InChI is InChI=1S/C17H18N4O3/c1-17(2,22)5-8-20-11-13-9-16(21(23)24)14(10-15(13)19-20)12-3-6-18-7-4-12/h3-4,6-7,9-11,22H,5,8H2,1-2H3. The molecule has 3 aromatic rings. The Labute approximate surface area is 138 Å². The average Bonchev–Trinajstić information content (AvgIpc) is 2.94. The van der Waals surface area contributed by atoms with Gasteiger partial charge in [0, 0.05) is 36.6 Å². The lowest BCUT2D eigenvalue weighted by Crippen LogP contribution is -2.21. The first-order valence-electron chi connectivity index (χ1n) is 7.62. The van der Waals surface area contributed by atoms with Crippen LogP contribution in [0.1, 0.15) is 20.3 Å². The zero-order valence-electron chi connectivity index (χ0n) is 13.5. The molecule has 0 atom stereocenters. The van der Waals surface area contributed by atoms with Gasteiger partial charge in [0.15, 0.2) is 0 Å². The molecule has 124 valence electrons. The van der Waals surface area contributed by atoms with E-state index in [2.05, 4.69) is 10.1 Å². The minimum Gasteiger partial charge on any atom is -0.390 e. The first-order chi connectivity index (χ1) is 11.3. The summed E-state index contributed by atoms with van der Waals surface area (Å²) < 4.78 is 1.71. The molecule has 0 amide bonds. The number of benzene rings is 1. The molecule has 0 radical (unpaired) electrons. The second kappa shape index (κ2) is 6.01. The Bertz CT molecular complexity index is 882. The van der Waals surface area contributed by atoms with Crippen LogP contribution in [0.5, 0.6) is 0 Å². The predicted molar refractivity (Wildman–Crippen MR) is 90.5 cm³/mol. The van der Waals surface area contributed by atoms with E-state index in [1.807, 2.05) is 0 Å². The monoisotopic (exact) mass is 326 g/mol. The normalized spacial score (nSPS) is 11.8. The van der Waals surface area contributed by atoms with E-state index in [-0.39, 0.29) is 10.6 Å². The van der Waals surface area contributed by atoms with Crippen LogP contribution in [0.2, 0.25) is 0 Å². The molecule has 2 aromatic heterocycles. The van der Waals surface area contributed by atoms with Crippen molar-refractivity contribution in [3.05, 3.63) is 53.0 Å². The number of pyridine rings is 1. The van der Waals surface area contributed by atoms with Gasteiger partial charge in [-0.15, -0.1) is 0 Å². The Hall–Kier alpha value is -2.80. The molecular weight excluding hydrogens is 308 g/mol. The number of nitro groups is 1. The van der Waals surface area contributed by atoms with E-state index in [1.165, 1.54) is 0 Å². The number of aromatic nitrogens is 3. The van der Waals surface area contributed by atoms with Crippen molar-refractivity contribution in [3.8, 4) is 11.1 Å². The SMILES string of the molecule is CC(C)(O)CCn1cc2cc([N+](=O)[O-])c(-c3ccncc3)cc2n1. The van der Waals surface area contributed by atoms with E-state index in [0.29, 0.717) is 29.4 Å². The Morgan fingerprint density at radius 1 is 1.29 bits per heavy atom. The molecule has 0 aliphatic heterocycles. The largest absolute Gasteiger partial charge is 0.390 e. The van der Waals surface area contributed by atoms with Crippen LogP contribution in [0, 0.1) is 10.1 Å². The summed E-state index contributed by atoms with van der Waals surface area (Å²) in [5.41, 5.74) is 1.18. The summed E-state index contributed by atoms with van der Waals surface area (Å²) in [6.45, 7) is 4.02. The first kappa shape index (κ1) is 16.1. The maximum atomic E-state index is 11.4. The zero-order valence-corrected chi connectivity index (χ0v) is 13.5. The van der Waals surface area contributed by atoms with Gasteiger partial charge in [-0.1, -0.05) is 0 Å². The Balaban J connectivity index is 2.05. The molecule has 3 rings (SSSR count). The molecule has 7 heteroatoms. The van der Waals surface area contributed by atoms with Crippen LogP contribution in [0.3, 0.4) is 0 Å². The van der Waals surface area contributed by atoms with E-state index in [1.54, 1.807) is 61.4 Å². The van der Waals surface area contributed by atoms with Crippen LogP contribution in [0.15, 0.2) is 42.9 Å². The number of rotatable bonds is 5. The highest BCUT2D eigenvalue weighted by Crippen LogP contribution is 2.33. The van der Waals surface area contributed by atoms with Crippen molar-refractivity contribution >= 4 is 16.6 Å². The van der Waals surface area contributed by atoms with Crippen LogP contribution in [-0.4, -0.2) is 30.4 Å². The van der Waals surface area contributed by atoms with Crippen molar-refractivity contribution in [2.24, 2.45) is 0 Å². The number of fused-ring (bicyclic) bond motifs is 1. The third-order valence-electron chi connectivity index (χ3n) is 3.81. The average molecular weight is 326 g/mol. The van der Waals surface area contributed by atoms with Gasteiger partial charge in [-0.25, -0.2) is 0 Å². The fraction of sp³-hybridized carbons (Fsp3) is 0.294. The molecule has 0 spiro atoms. The molecule has 0 saturated carbocycles. The second-order valence-electron chi connectivity index (χ2n) is 6.38. The lowest BCUT2D eigenvalue weighted by Gasteiger charge is -2.16. The van der Waals surface area contributed by atoms with Crippen LogP contribution in [0.25, 0.3) is 22.0 Å². The molecule has 24 heavy (non-hydrogen) atoms. The number of hydrogen-bond donors (Lipinski definition) is 1. The molecule has 2 heterocycles. The van der Waals surface area contributed by atoms with Gasteiger partial charge >= 0.3 is 0 Å². The van der Waals surface area contributed by atoms with E-state index >= 15 is 0 Å². The molecule has 0 fully saturated rings. The van der Waals surface area contributed by atoms with E-state index in [9.17, 15) is 15.2 Å². The number of hydrogen-bond acceptors (Lipinski definition) is 5. The fourth-order valence-corrected chi connectivity index (χ4v) is 2.53. The van der Waals surface area contributed by atoms with Crippen LogP contribution in [-0.2, 0) is 6.54 Å². The Morgan fingerprint density at radius 2 is 2.00 bits per heavy atom. The maximum absolute atomic E-state index is 11.4. The molecule has 1 N–H and O–H groups in total. The first-order valence-corrected chi connectivity index (χ1v) is 7.62. The van der Waals surface area contributed by atoms with Crippen molar-refractivity contribution < 1.29 is 10.0 Å². The van der Waals surface area contributed by atoms with Crippen molar-refractivity contribution in [1.29, 1.82) is 0 Å². The van der Waals surface area contributed by atoms with Gasteiger partial charge in [0.1, 0.15) is 0 Å². The smallest absolute Gasteiger partial charge is 0.278 e.